The van der Waals surface area contributed by atoms with Crippen LogP contribution in [0.5, 0.6) is 11.5 Å². The topological polar surface area (TPSA) is 57.5 Å². The van der Waals surface area contributed by atoms with E-state index in [1.165, 1.54) is 0 Å². The standard InChI is InChI=1S/C22H17NO4/c1-26-15-10-12-16(13-11-15)27-21(24)14-23-19-8-4-2-6-17(19)22(25)18-7-3-5-9-20(18)23/h2-13H,14H2,1H3. The fraction of sp³-hybridized carbons (Fsp3) is 0.0909. The van der Waals surface area contributed by atoms with Crippen LogP contribution in [0, 0.1) is 0 Å². The Morgan fingerprint density at radius 2 is 1.33 bits per heavy atom. The lowest BCUT2D eigenvalue weighted by Gasteiger charge is -2.14. The number of esters is 1. The monoisotopic (exact) mass is 359 g/mol. The van der Waals surface area contributed by atoms with Gasteiger partial charge in [-0.3, -0.25) is 4.79 Å². The first kappa shape index (κ1) is 16.8. The van der Waals surface area contributed by atoms with Gasteiger partial charge in [-0.25, -0.2) is 4.79 Å². The molecule has 0 bridgehead atoms. The highest BCUT2D eigenvalue weighted by Gasteiger charge is 2.14. The molecule has 0 unspecified atom stereocenters. The lowest BCUT2D eigenvalue weighted by Crippen LogP contribution is -2.19. The summed E-state index contributed by atoms with van der Waals surface area (Å²) >= 11 is 0. The number of ether oxygens (including phenoxy) is 2. The Balaban J connectivity index is 1.74. The Labute approximate surface area is 155 Å². The van der Waals surface area contributed by atoms with Crippen molar-refractivity contribution in [2.75, 3.05) is 7.11 Å². The first-order chi connectivity index (χ1) is 13.2. The molecule has 0 fully saturated rings. The third-order valence-corrected chi connectivity index (χ3v) is 4.46. The van der Waals surface area contributed by atoms with Crippen LogP contribution in [0.4, 0.5) is 0 Å². The zero-order chi connectivity index (χ0) is 18.8. The Bertz CT molecular complexity index is 1130. The van der Waals surface area contributed by atoms with E-state index in [2.05, 4.69) is 0 Å². The zero-order valence-electron chi connectivity index (χ0n) is 14.7. The van der Waals surface area contributed by atoms with Gasteiger partial charge in [0.05, 0.1) is 18.1 Å². The van der Waals surface area contributed by atoms with E-state index in [4.69, 9.17) is 9.47 Å². The summed E-state index contributed by atoms with van der Waals surface area (Å²) in [7, 11) is 1.58. The average molecular weight is 359 g/mol. The molecule has 5 nitrogen and oxygen atoms in total. The summed E-state index contributed by atoms with van der Waals surface area (Å²) < 4.78 is 12.4. The first-order valence-corrected chi connectivity index (χ1v) is 8.52. The molecule has 3 aromatic carbocycles. The molecule has 0 spiro atoms. The van der Waals surface area contributed by atoms with Gasteiger partial charge in [-0.05, 0) is 48.5 Å². The number of hydrogen-bond acceptors (Lipinski definition) is 4. The van der Waals surface area contributed by atoms with E-state index in [1.807, 2.05) is 41.0 Å². The normalized spacial score (nSPS) is 10.9. The zero-order valence-corrected chi connectivity index (χ0v) is 14.7. The molecule has 0 aliphatic carbocycles. The second kappa shape index (κ2) is 6.96. The molecule has 134 valence electrons. The van der Waals surface area contributed by atoms with Crippen LogP contribution in [-0.2, 0) is 11.3 Å². The molecule has 5 heteroatoms. The molecular weight excluding hydrogens is 342 g/mol. The second-order valence-corrected chi connectivity index (χ2v) is 6.10. The van der Waals surface area contributed by atoms with E-state index in [-0.39, 0.29) is 12.0 Å². The van der Waals surface area contributed by atoms with Crippen molar-refractivity contribution in [1.29, 1.82) is 0 Å². The molecular formula is C22H17NO4. The van der Waals surface area contributed by atoms with Gasteiger partial charge in [-0.1, -0.05) is 24.3 Å². The Morgan fingerprint density at radius 1 is 0.815 bits per heavy atom. The van der Waals surface area contributed by atoms with Crippen molar-refractivity contribution in [3.63, 3.8) is 0 Å². The number of para-hydroxylation sites is 2. The van der Waals surface area contributed by atoms with Gasteiger partial charge in [0.15, 0.2) is 5.43 Å². The number of carbonyl (C=O) groups is 1. The summed E-state index contributed by atoms with van der Waals surface area (Å²) in [6.45, 7) is -0.00661. The predicted molar refractivity (Wildman–Crippen MR) is 104 cm³/mol. The molecule has 0 aliphatic heterocycles. The third-order valence-electron chi connectivity index (χ3n) is 4.46. The predicted octanol–water partition coefficient (Wildman–Crippen LogP) is 3.77. The number of methoxy groups -OCH3 is 1. The minimum Gasteiger partial charge on any atom is -0.497 e. The molecule has 4 rings (SSSR count). The van der Waals surface area contributed by atoms with Gasteiger partial charge in [-0.15, -0.1) is 0 Å². The molecule has 0 amide bonds. The lowest BCUT2D eigenvalue weighted by atomic mass is 10.1. The SMILES string of the molecule is COc1ccc(OC(=O)Cn2c3ccccc3c(=O)c3ccccc32)cc1. The fourth-order valence-corrected chi connectivity index (χ4v) is 3.18. The molecule has 1 heterocycles. The highest BCUT2D eigenvalue weighted by Crippen LogP contribution is 2.20. The number of carbonyl (C=O) groups excluding carboxylic acids is 1. The minimum atomic E-state index is -0.417. The number of hydrogen-bond donors (Lipinski definition) is 0. The van der Waals surface area contributed by atoms with Gasteiger partial charge in [0, 0.05) is 10.8 Å². The number of fused-ring (bicyclic) bond motifs is 2. The Morgan fingerprint density at radius 3 is 1.89 bits per heavy atom. The van der Waals surface area contributed by atoms with Crippen LogP contribution in [0.3, 0.4) is 0 Å². The van der Waals surface area contributed by atoms with Crippen LogP contribution in [0.2, 0.25) is 0 Å². The molecule has 1 aromatic heterocycles. The fourth-order valence-electron chi connectivity index (χ4n) is 3.18. The summed E-state index contributed by atoms with van der Waals surface area (Å²) in [4.78, 5) is 25.3. The van der Waals surface area contributed by atoms with E-state index in [9.17, 15) is 9.59 Å². The Kier molecular flexibility index (Phi) is 4.34. The maximum Gasteiger partial charge on any atom is 0.331 e. The molecule has 0 atom stereocenters. The summed E-state index contributed by atoms with van der Waals surface area (Å²) in [6, 6.07) is 21.4. The molecule has 0 radical (unpaired) electrons. The Hall–Kier alpha value is -3.60. The van der Waals surface area contributed by atoms with E-state index in [1.54, 1.807) is 43.5 Å². The van der Waals surface area contributed by atoms with Crippen LogP contribution in [0.15, 0.2) is 77.6 Å². The van der Waals surface area contributed by atoms with Gasteiger partial charge in [0.25, 0.3) is 0 Å². The van der Waals surface area contributed by atoms with Crippen molar-refractivity contribution in [2.24, 2.45) is 0 Å². The van der Waals surface area contributed by atoms with Crippen LogP contribution < -0.4 is 14.9 Å². The summed E-state index contributed by atoms with van der Waals surface area (Å²) in [5.41, 5.74) is 1.36. The van der Waals surface area contributed by atoms with Crippen LogP contribution >= 0.6 is 0 Å². The van der Waals surface area contributed by atoms with Crippen molar-refractivity contribution in [3.05, 3.63) is 83.0 Å². The van der Waals surface area contributed by atoms with E-state index in [0.29, 0.717) is 33.3 Å². The van der Waals surface area contributed by atoms with Gasteiger partial charge in [0.2, 0.25) is 0 Å². The number of pyridine rings is 1. The van der Waals surface area contributed by atoms with Crippen molar-refractivity contribution in [1.82, 2.24) is 4.57 Å². The van der Waals surface area contributed by atoms with Gasteiger partial charge in [-0.2, -0.15) is 0 Å². The van der Waals surface area contributed by atoms with Crippen molar-refractivity contribution in [2.45, 2.75) is 6.54 Å². The molecule has 0 saturated carbocycles. The minimum absolute atomic E-state index is 0.00661. The summed E-state index contributed by atoms with van der Waals surface area (Å²) in [5.74, 6) is 0.710. The molecule has 0 N–H and O–H groups in total. The van der Waals surface area contributed by atoms with Gasteiger partial charge in [0.1, 0.15) is 18.0 Å². The van der Waals surface area contributed by atoms with Crippen LogP contribution in [0.25, 0.3) is 21.8 Å². The van der Waals surface area contributed by atoms with Gasteiger partial charge < -0.3 is 14.0 Å². The average Bonchev–Trinajstić information content (AvgIpc) is 2.72. The van der Waals surface area contributed by atoms with E-state index >= 15 is 0 Å². The molecule has 0 saturated heterocycles. The number of nitrogens with zero attached hydrogens (tertiary/aromatic N) is 1. The highest BCUT2D eigenvalue weighted by molar-refractivity contribution is 5.94. The highest BCUT2D eigenvalue weighted by atomic mass is 16.5. The van der Waals surface area contributed by atoms with E-state index in [0.717, 1.165) is 0 Å². The van der Waals surface area contributed by atoms with Crippen LogP contribution in [-0.4, -0.2) is 17.6 Å². The summed E-state index contributed by atoms with van der Waals surface area (Å²) in [6.07, 6.45) is 0. The molecule has 4 aromatic rings. The van der Waals surface area contributed by atoms with Crippen molar-refractivity contribution >= 4 is 27.8 Å². The van der Waals surface area contributed by atoms with Crippen molar-refractivity contribution in [3.8, 4) is 11.5 Å². The number of rotatable bonds is 4. The van der Waals surface area contributed by atoms with Gasteiger partial charge >= 0.3 is 5.97 Å². The second-order valence-electron chi connectivity index (χ2n) is 6.10. The quantitative estimate of drug-likeness (QED) is 0.316. The first-order valence-electron chi connectivity index (χ1n) is 8.52. The smallest absolute Gasteiger partial charge is 0.331 e. The lowest BCUT2D eigenvalue weighted by molar-refractivity contribution is -0.134. The molecule has 27 heavy (non-hydrogen) atoms. The van der Waals surface area contributed by atoms with Crippen molar-refractivity contribution < 1.29 is 14.3 Å². The maximum atomic E-state index is 12.7. The molecule has 0 aliphatic rings. The number of aromatic nitrogens is 1. The number of benzene rings is 3. The maximum absolute atomic E-state index is 12.7. The summed E-state index contributed by atoms with van der Waals surface area (Å²) in [5, 5.41) is 1.15. The largest absolute Gasteiger partial charge is 0.497 e. The van der Waals surface area contributed by atoms with E-state index < -0.39 is 5.97 Å². The third kappa shape index (κ3) is 3.15. The van der Waals surface area contributed by atoms with Crippen LogP contribution in [0.1, 0.15) is 0 Å².